The predicted octanol–water partition coefficient (Wildman–Crippen LogP) is 16.1. The van der Waals surface area contributed by atoms with Crippen molar-refractivity contribution < 1.29 is 0 Å². The van der Waals surface area contributed by atoms with Gasteiger partial charge in [0.15, 0.2) is 0 Å². The minimum Gasteiger partial charge on any atom is -0.310 e. The number of aliphatic imine (C=N–C) groups is 1. The zero-order valence-electron chi connectivity index (χ0n) is 35.2. The van der Waals surface area contributed by atoms with Crippen LogP contribution in [0.25, 0.3) is 60.4 Å². The summed E-state index contributed by atoms with van der Waals surface area (Å²) in [6.45, 7) is 11.5. The third-order valence-corrected chi connectivity index (χ3v) is 12.9. The van der Waals surface area contributed by atoms with Gasteiger partial charge in [-0.25, -0.2) is 4.99 Å². The van der Waals surface area contributed by atoms with Gasteiger partial charge >= 0.3 is 0 Å². The van der Waals surface area contributed by atoms with Crippen molar-refractivity contribution in [1.29, 1.82) is 0 Å². The highest BCUT2D eigenvalue weighted by atomic mass is 15.2. The van der Waals surface area contributed by atoms with Crippen LogP contribution < -0.4 is 4.90 Å². The first kappa shape index (κ1) is 37.3. The van der Waals surface area contributed by atoms with Gasteiger partial charge in [0, 0.05) is 33.0 Å². The summed E-state index contributed by atoms with van der Waals surface area (Å²) in [7, 11) is 0. The van der Waals surface area contributed by atoms with Crippen molar-refractivity contribution in [2.24, 2.45) is 4.99 Å². The van der Waals surface area contributed by atoms with Crippen LogP contribution in [0.15, 0.2) is 218 Å². The molecule has 10 aromatic rings. The van der Waals surface area contributed by atoms with Gasteiger partial charge in [0.05, 0.1) is 28.1 Å². The van der Waals surface area contributed by atoms with Crippen LogP contribution in [-0.2, 0) is 5.41 Å². The lowest BCUT2D eigenvalue weighted by atomic mass is 9.73. The summed E-state index contributed by atoms with van der Waals surface area (Å²) >= 11 is 0. The molecule has 0 unspecified atom stereocenters. The van der Waals surface area contributed by atoms with Crippen molar-refractivity contribution in [2.75, 3.05) is 4.90 Å². The van der Waals surface area contributed by atoms with Gasteiger partial charge in [-0.15, -0.1) is 0 Å². The molecule has 11 rings (SSSR count). The van der Waals surface area contributed by atoms with Crippen molar-refractivity contribution in [3.05, 3.63) is 235 Å². The third-order valence-electron chi connectivity index (χ3n) is 12.9. The van der Waals surface area contributed by atoms with Crippen LogP contribution in [0, 0.1) is 0 Å². The van der Waals surface area contributed by atoms with E-state index in [9.17, 15) is 0 Å². The minimum atomic E-state index is -0.241. The van der Waals surface area contributed by atoms with Gasteiger partial charge in [-0.3, -0.25) is 4.57 Å². The zero-order valence-corrected chi connectivity index (χ0v) is 35.2. The van der Waals surface area contributed by atoms with Gasteiger partial charge in [-0.05, 0) is 99.1 Å². The number of nitrogens with zero attached hydrogens (tertiary/aromatic N) is 3. The van der Waals surface area contributed by atoms with Crippen LogP contribution in [0.2, 0.25) is 0 Å². The van der Waals surface area contributed by atoms with Gasteiger partial charge in [0.25, 0.3) is 0 Å². The first-order chi connectivity index (χ1) is 30.4. The lowest BCUT2D eigenvalue weighted by Gasteiger charge is -2.42. The van der Waals surface area contributed by atoms with Crippen molar-refractivity contribution in [2.45, 2.75) is 26.2 Å². The molecule has 296 valence electrons. The fourth-order valence-corrected chi connectivity index (χ4v) is 9.83. The Labute approximate surface area is 363 Å². The Morgan fingerprint density at radius 2 is 1.18 bits per heavy atom. The minimum absolute atomic E-state index is 0.241. The summed E-state index contributed by atoms with van der Waals surface area (Å²) in [4.78, 5) is 7.92. The molecule has 0 N–H and O–H groups in total. The third kappa shape index (κ3) is 6.00. The van der Waals surface area contributed by atoms with Crippen LogP contribution in [-0.4, -0.2) is 10.4 Å². The molecule has 0 aliphatic carbocycles. The smallest absolute Gasteiger partial charge is 0.111 e. The number of para-hydroxylation sites is 4. The second-order valence-electron chi connectivity index (χ2n) is 16.9. The van der Waals surface area contributed by atoms with E-state index in [1.54, 1.807) is 0 Å². The molecule has 0 saturated heterocycles. The van der Waals surface area contributed by atoms with Crippen LogP contribution in [0.5, 0.6) is 0 Å². The number of fused-ring (bicyclic) bond motifs is 7. The van der Waals surface area contributed by atoms with Gasteiger partial charge in [-0.1, -0.05) is 184 Å². The van der Waals surface area contributed by atoms with E-state index in [4.69, 9.17) is 4.99 Å². The molecule has 0 bridgehead atoms. The second-order valence-corrected chi connectivity index (χ2v) is 16.9. The van der Waals surface area contributed by atoms with Crippen molar-refractivity contribution in [3.8, 4) is 22.3 Å². The number of rotatable bonds is 6. The lowest BCUT2D eigenvalue weighted by Crippen LogP contribution is -2.30. The average molecular weight is 796 g/mol. The summed E-state index contributed by atoms with van der Waals surface area (Å²) in [6.07, 6.45) is 0. The summed E-state index contributed by atoms with van der Waals surface area (Å²) in [5, 5.41) is 4.88. The van der Waals surface area contributed by atoms with Crippen molar-refractivity contribution >= 4 is 66.7 Å². The van der Waals surface area contributed by atoms with Gasteiger partial charge < -0.3 is 4.90 Å². The monoisotopic (exact) mass is 795 g/mol. The molecule has 9 aromatic carbocycles. The normalized spacial score (nSPS) is 13.3. The number of hydrogen-bond donors (Lipinski definition) is 0. The van der Waals surface area contributed by atoms with E-state index in [0.717, 1.165) is 50.5 Å². The second kappa shape index (κ2) is 14.8. The van der Waals surface area contributed by atoms with E-state index in [1.807, 2.05) is 0 Å². The van der Waals surface area contributed by atoms with Gasteiger partial charge in [0.1, 0.15) is 5.84 Å². The molecule has 1 aromatic heterocycles. The van der Waals surface area contributed by atoms with E-state index in [2.05, 4.69) is 243 Å². The standard InChI is InChI=1S/C59H45N3/c1-39(41-30-32-43(33-31-41)42-18-7-5-8-19-42)47-23-13-15-28-53(47)60-40(2)61-56-37-34-44-20-11-12-24-48(44)57(56)50-26-17-25-49(58(50)61)45-35-36-55-52(38-45)59(3,4)51-27-14-16-29-54(51)62(55)46-21-9-6-10-22-46/h5-38H,1H2,2-4H3. The molecule has 1 aliphatic heterocycles. The fourth-order valence-electron chi connectivity index (χ4n) is 9.83. The van der Waals surface area contributed by atoms with E-state index < -0.39 is 0 Å². The average Bonchev–Trinajstić information content (AvgIpc) is 3.68. The summed E-state index contributed by atoms with van der Waals surface area (Å²) < 4.78 is 2.39. The quantitative estimate of drug-likeness (QED) is 0.121. The zero-order chi connectivity index (χ0) is 42.0. The van der Waals surface area contributed by atoms with E-state index in [-0.39, 0.29) is 5.41 Å². The number of anilines is 3. The largest absolute Gasteiger partial charge is 0.310 e. The molecule has 2 heterocycles. The molecule has 0 spiro atoms. The van der Waals surface area contributed by atoms with E-state index in [0.29, 0.717) is 0 Å². The van der Waals surface area contributed by atoms with Crippen LogP contribution in [0.3, 0.4) is 0 Å². The number of hydrogen-bond acceptors (Lipinski definition) is 2. The summed E-state index contributed by atoms with van der Waals surface area (Å²) in [6, 6.07) is 74.2. The van der Waals surface area contributed by atoms with Gasteiger partial charge in [0.2, 0.25) is 0 Å². The molecule has 3 nitrogen and oxygen atoms in total. The summed E-state index contributed by atoms with van der Waals surface area (Å²) in [5.74, 6) is 0.884. The number of benzene rings is 9. The Kier molecular flexibility index (Phi) is 8.87. The molecule has 3 heteroatoms. The lowest BCUT2D eigenvalue weighted by molar-refractivity contribution is 0.632. The molecule has 62 heavy (non-hydrogen) atoms. The molecule has 0 fully saturated rings. The molecule has 1 aliphatic rings. The maximum Gasteiger partial charge on any atom is 0.111 e. The highest BCUT2D eigenvalue weighted by molar-refractivity contribution is 6.25. The van der Waals surface area contributed by atoms with Crippen molar-refractivity contribution in [3.63, 3.8) is 0 Å². The van der Waals surface area contributed by atoms with E-state index in [1.165, 1.54) is 60.7 Å². The molecule has 0 atom stereocenters. The Morgan fingerprint density at radius 3 is 2.00 bits per heavy atom. The molecular weight excluding hydrogens is 751 g/mol. The van der Waals surface area contributed by atoms with Crippen molar-refractivity contribution in [1.82, 2.24) is 4.57 Å². The first-order valence-corrected chi connectivity index (χ1v) is 21.4. The van der Waals surface area contributed by atoms with Gasteiger partial charge in [-0.2, -0.15) is 0 Å². The maximum atomic E-state index is 5.50. The number of aromatic nitrogens is 1. The molecule has 0 saturated carbocycles. The van der Waals surface area contributed by atoms with Crippen LogP contribution in [0.1, 0.15) is 43.0 Å². The molecule has 0 radical (unpaired) electrons. The predicted molar refractivity (Wildman–Crippen MR) is 264 cm³/mol. The SMILES string of the molecule is C=C(c1ccc(-c2ccccc2)cc1)c1ccccc1N=C(C)n1c2ccc3ccccc3c2c2cccc(-c3ccc4c(c3)C(C)(C)c3ccccc3N4c3ccccc3)c21. The Morgan fingerprint density at radius 1 is 0.532 bits per heavy atom. The highest BCUT2D eigenvalue weighted by Gasteiger charge is 2.37. The Bertz CT molecular complexity index is 3390. The van der Waals surface area contributed by atoms with E-state index >= 15 is 0 Å². The topological polar surface area (TPSA) is 20.5 Å². The maximum absolute atomic E-state index is 5.50. The Hall–Kier alpha value is -7.75. The molecule has 0 amide bonds. The summed E-state index contributed by atoms with van der Waals surface area (Å²) in [5.41, 5.74) is 16.8. The van der Waals surface area contributed by atoms with Crippen LogP contribution >= 0.6 is 0 Å². The fraction of sp³-hybridized carbons (Fsp3) is 0.0678. The molecular formula is C59H45N3. The Balaban J connectivity index is 1.09. The highest BCUT2D eigenvalue weighted by Crippen LogP contribution is 2.53. The van der Waals surface area contributed by atoms with Crippen LogP contribution in [0.4, 0.5) is 22.7 Å². The first-order valence-electron chi connectivity index (χ1n) is 21.4.